The minimum Gasteiger partial charge on any atom is -0.369 e. The monoisotopic (exact) mass is 253 g/mol. The highest BCUT2D eigenvalue weighted by Crippen LogP contribution is 2.33. The molecule has 0 bridgehead atoms. The van der Waals surface area contributed by atoms with Crippen molar-refractivity contribution >= 4 is 5.91 Å². The van der Waals surface area contributed by atoms with Crippen LogP contribution in [0.1, 0.15) is 28.7 Å². The van der Waals surface area contributed by atoms with E-state index in [1.165, 1.54) is 0 Å². The van der Waals surface area contributed by atoms with E-state index in [4.69, 9.17) is 5.73 Å². The lowest BCUT2D eigenvalue weighted by molar-refractivity contribution is -0.119. The van der Waals surface area contributed by atoms with Crippen molar-refractivity contribution in [2.45, 2.75) is 12.0 Å². The predicted molar refractivity (Wildman–Crippen MR) is 72.5 cm³/mol. The van der Waals surface area contributed by atoms with Gasteiger partial charge >= 0.3 is 0 Å². The van der Waals surface area contributed by atoms with E-state index in [1.54, 1.807) is 6.20 Å². The van der Waals surface area contributed by atoms with Gasteiger partial charge in [-0.15, -0.1) is 0 Å². The summed E-state index contributed by atoms with van der Waals surface area (Å²) in [6.07, 6.45) is 3.60. The minimum absolute atomic E-state index is 0.0699. The van der Waals surface area contributed by atoms with E-state index in [1.807, 2.05) is 42.6 Å². The van der Waals surface area contributed by atoms with Crippen molar-refractivity contribution in [3.8, 4) is 0 Å². The summed E-state index contributed by atoms with van der Waals surface area (Å²) in [6, 6.07) is 12.0. The first kappa shape index (κ1) is 11.9. The Balaban J connectivity index is 2.07. The maximum absolute atomic E-state index is 11.5. The maximum atomic E-state index is 11.5. The number of carbonyl (C=O) groups is 1. The van der Waals surface area contributed by atoms with Crippen LogP contribution in [-0.4, -0.2) is 17.4 Å². The quantitative estimate of drug-likeness (QED) is 0.848. The number of nitrogens with two attached hydrogens (primary N) is 1. The van der Waals surface area contributed by atoms with Crippen LogP contribution in [0.2, 0.25) is 0 Å². The lowest BCUT2D eigenvalue weighted by Gasteiger charge is -2.31. The molecule has 1 aromatic heterocycles. The third-order valence-corrected chi connectivity index (χ3v) is 3.57. The van der Waals surface area contributed by atoms with Crippen LogP contribution in [0.15, 0.2) is 48.8 Å². The molecular formula is C15H15N3O. The summed E-state index contributed by atoms with van der Waals surface area (Å²) < 4.78 is 0. The van der Waals surface area contributed by atoms with Gasteiger partial charge in [-0.05, 0) is 22.8 Å². The normalized spacial score (nSPS) is 21.7. The number of carbonyl (C=O) groups excluding carboxylic acids is 1. The van der Waals surface area contributed by atoms with Crippen molar-refractivity contribution in [2.75, 3.05) is 6.54 Å². The van der Waals surface area contributed by atoms with Gasteiger partial charge in [0.2, 0.25) is 5.91 Å². The van der Waals surface area contributed by atoms with E-state index >= 15 is 0 Å². The number of hydrogen-bond donors (Lipinski definition) is 2. The molecule has 0 saturated heterocycles. The molecule has 19 heavy (non-hydrogen) atoms. The average molecular weight is 253 g/mol. The molecule has 2 heterocycles. The number of aromatic nitrogens is 1. The second-order valence-electron chi connectivity index (χ2n) is 4.71. The third kappa shape index (κ3) is 2.11. The Morgan fingerprint density at radius 2 is 2.00 bits per heavy atom. The fraction of sp³-hybridized carbons (Fsp3) is 0.200. The van der Waals surface area contributed by atoms with Crippen molar-refractivity contribution < 1.29 is 4.79 Å². The SMILES string of the molecule is NC(=O)C1CNC(c2cccnc2)c2ccccc21. The Bertz CT molecular complexity index is 597. The molecule has 1 amide bonds. The molecule has 3 N–H and O–H groups in total. The number of rotatable bonds is 2. The average Bonchev–Trinajstić information content (AvgIpc) is 2.47. The molecule has 2 unspecified atom stereocenters. The molecule has 1 aliphatic heterocycles. The molecule has 1 aromatic carbocycles. The van der Waals surface area contributed by atoms with Gasteiger partial charge in [0.05, 0.1) is 12.0 Å². The number of nitrogens with zero attached hydrogens (tertiary/aromatic N) is 1. The Hall–Kier alpha value is -2.20. The van der Waals surface area contributed by atoms with Crippen LogP contribution in [0.5, 0.6) is 0 Å². The van der Waals surface area contributed by atoms with Crippen molar-refractivity contribution in [3.63, 3.8) is 0 Å². The highest BCUT2D eigenvalue weighted by molar-refractivity contribution is 5.83. The van der Waals surface area contributed by atoms with Gasteiger partial charge in [-0.2, -0.15) is 0 Å². The van der Waals surface area contributed by atoms with Crippen LogP contribution in [0.3, 0.4) is 0 Å². The summed E-state index contributed by atoms with van der Waals surface area (Å²) in [4.78, 5) is 15.7. The molecule has 4 heteroatoms. The van der Waals surface area contributed by atoms with Gasteiger partial charge in [-0.25, -0.2) is 0 Å². The molecule has 0 saturated carbocycles. The van der Waals surface area contributed by atoms with Crippen molar-refractivity contribution in [2.24, 2.45) is 5.73 Å². The van der Waals surface area contributed by atoms with Gasteiger partial charge in [-0.3, -0.25) is 9.78 Å². The van der Waals surface area contributed by atoms with E-state index < -0.39 is 0 Å². The molecule has 0 radical (unpaired) electrons. The largest absolute Gasteiger partial charge is 0.369 e. The van der Waals surface area contributed by atoms with E-state index in [-0.39, 0.29) is 17.9 Å². The lowest BCUT2D eigenvalue weighted by atomic mass is 9.84. The summed E-state index contributed by atoms with van der Waals surface area (Å²) in [5.74, 6) is -0.547. The zero-order chi connectivity index (χ0) is 13.2. The summed E-state index contributed by atoms with van der Waals surface area (Å²) in [5.41, 5.74) is 8.69. The van der Waals surface area contributed by atoms with Crippen LogP contribution >= 0.6 is 0 Å². The molecule has 2 aromatic rings. The Morgan fingerprint density at radius 1 is 1.21 bits per heavy atom. The summed E-state index contributed by atoms with van der Waals surface area (Å²) in [5, 5.41) is 3.38. The molecule has 2 atom stereocenters. The molecular weight excluding hydrogens is 238 g/mol. The number of nitrogens with one attached hydrogen (secondary N) is 1. The number of benzene rings is 1. The fourth-order valence-electron chi connectivity index (χ4n) is 2.64. The van der Waals surface area contributed by atoms with Gasteiger partial charge in [0.25, 0.3) is 0 Å². The van der Waals surface area contributed by atoms with Crippen LogP contribution in [0.25, 0.3) is 0 Å². The van der Waals surface area contributed by atoms with Gasteiger partial charge in [0, 0.05) is 18.9 Å². The minimum atomic E-state index is -0.287. The van der Waals surface area contributed by atoms with E-state index in [2.05, 4.69) is 10.3 Å². The second-order valence-corrected chi connectivity index (χ2v) is 4.71. The number of primary amides is 1. The van der Waals surface area contributed by atoms with Crippen LogP contribution < -0.4 is 11.1 Å². The standard InChI is InChI=1S/C15H15N3O/c16-15(19)13-9-18-14(10-4-3-7-17-8-10)12-6-2-1-5-11(12)13/h1-8,13-14,18H,9H2,(H2,16,19). The molecule has 0 aliphatic carbocycles. The Kier molecular flexibility index (Phi) is 3.01. The zero-order valence-corrected chi connectivity index (χ0v) is 10.4. The van der Waals surface area contributed by atoms with Crippen LogP contribution in [0.4, 0.5) is 0 Å². The topological polar surface area (TPSA) is 68.0 Å². The molecule has 0 fully saturated rings. The van der Waals surface area contributed by atoms with Gasteiger partial charge in [-0.1, -0.05) is 30.3 Å². The predicted octanol–water partition coefficient (Wildman–Crippen LogP) is 1.34. The molecule has 4 nitrogen and oxygen atoms in total. The summed E-state index contributed by atoms with van der Waals surface area (Å²) in [6.45, 7) is 0.561. The molecule has 0 spiro atoms. The number of fused-ring (bicyclic) bond motifs is 1. The molecule has 3 rings (SSSR count). The zero-order valence-electron chi connectivity index (χ0n) is 10.4. The highest BCUT2D eigenvalue weighted by atomic mass is 16.1. The van der Waals surface area contributed by atoms with Crippen molar-refractivity contribution in [1.82, 2.24) is 10.3 Å². The molecule has 96 valence electrons. The fourth-order valence-corrected chi connectivity index (χ4v) is 2.64. The van der Waals surface area contributed by atoms with Gasteiger partial charge in [0.15, 0.2) is 0 Å². The van der Waals surface area contributed by atoms with Crippen molar-refractivity contribution in [1.29, 1.82) is 0 Å². The third-order valence-electron chi connectivity index (χ3n) is 3.57. The van der Waals surface area contributed by atoms with Gasteiger partial charge in [0.1, 0.15) is 0 Å². The van der Waals surface area contributed by atoms with E-state index in [0.29, 0.717) is 6.54 Å². The first-order valence-electron chi connectivity index (χ1n) is 6.29. The highest BCUT2D eigenvalue weighted by Gasteiger charge is 2.30. The maximum Gasteiger partial charge on any atom is 0.226 e. The number of amides is 1. The molecule has 1 aliphatic rings. The Morgan fingerprint density at radius 3 is 2.68 bits per heavy atom. The number of hydrogen-bond acceptors (Lipinski definition) is 3. The first-order chi connectivity index (χ1) is 9.27. The first-order valence-corrected chi connectivity index (χ1v) is 6.29. The summed E-state index contributed by atoms with van der Waals surface area (Å²) >= 11 is 0. The van der Waals surface area contributed by atoms with Crippen LogP contribution in [-0.2, 0) is 4.79 Å². The lowest BCUT2D eigenvalue weighted by Crippen LogP contribution is -2.39. The second kappa shape index (κ2) is 4.82. The van der Waals surface area contributed by atoms with E-state index in [0.717, 1.165) is 16.7 Å². The van der Waals surface area contributed by atoms with Crippen LogP contribution in [0, 0.1) is 0 Å². The Labute approximate surface area is 111 Å². The van der Waals surface area contributed by atoms with Gasteiger partial charge < -0.3 is 11.1 Å². The van der Waals surface area contributed by atoms with Crippen molar-refractivity contribution in [3.05, 3.63) is 65.5 Å². The van der Waals surface area contributed by atoms with E-state index in [9.17, 15) is 4.79 Å². The summed E-state index contributed by atoms with van der Waals surface area (Å²) in [7, 11) is 0. The number of pyridine rings is 1. The smallest absolute Gasteiger partial charge is 0.226 e.